The third-order valence-electron chi connectivity index (χ3n) is 2.80. The Labute approximate surface area is 121 Å². The Morgan fingerprint density at radius 3 is 2.62 bits per heavy atom. The van der Waals surface area contributed by atoms with Crippen LogP contribution in [-0.4, -0.2) is 26.1 Å². The topological polar surface area (TPSA) is 77.4 Å². The number of rotatable bonds is 4. The molecule has 1 aromatic carbocycles. The first kappa shape index (κ1) is 15.0. The summed E-state index contributed by atoms with van der Waals surface area (Å²) >= 11 is 0. The highest BCUT2D eigenvalue weighted by molar-refractivity contribution is 7.92. The average Bonchev–Trinajstić information content (AvgIpc) is 2.83. The molecule has 0 bridgehead atoms. The van der Waals surface area contributed by atoms with Crippen LogP contribution in [0.3, 0.4) is 0 Å². The molecular formula is C13H13FN2O4S. The van der Waals surface area contributed by atoms with Crippen molar-refractivity contribution in [2.24, 2.45) is 7.05 Å². The van der Waals surface area contributed by atoms with E-state index >= 15 is 0 Å². The molecule has 1 aromatic heterocycles. The molecule has 0 atom stereocenters. The molecule has 0 saturated carbocycles. The SMILES string of the molecule is COC(=O)c1cc(S(=O)(=O)Nc2ccccc2F)cn1C. The third kappa shape index (κ3) is 3.05. The molecule has 21 heavy (non-hydrogen) atoms. The fourth-order valence-electron chi connectivity index (χ4n) is 1.74. The van der Waals surface area contributed by atoms with E-state index in [0.717, 1.165) is 12.1 Å². The summed E-state index contributed by atoms with van der Waals surface area (Å²) in [5.74, 6) is -1.35. The second-order valence-electron chi connectivity index (χ2n) is 4.25. The van der Waals surface area contributed by atoms with Gasteiger partial charge in [0.15, 0.2) is 0 Å². The number of nitrogens with zero attached hydrogens (tertiary/aromatic N) is 1. The molecule has 0 saturated heterocycles. The lowest BCUT2D eigenvalue weighted by atomic mass is 10.3. The van der Waals surface area contributed by atoms with E-state index < -0.39 is 21.8 Å². The van der Waals surface area contributed by atoms with Gasteiger partial charge in [0.25, 0.3) is 10.0 Å². The first-order valence-electron chi connectivity index (χ1n) is 5.87. The molecule has 1 heterocycles. The fraction of sp³-hybridized carbons (Fsp3) is 0.154. The molecule has 8 heteroatoms. The summed E-state index contributed by atoms with van der Waals surface area (Å²) in [6, 6.07) is 6.56. The highest BCUT2D eigenvalue weighted by Crippen LogP contribution is 2.20. The highest BCUT2D eigenvalue weighted by atomic mass is 32.2. The lowest BCUT2D eigenvalue weighted by Crippen LogP contribution is -2.13. The summed E-state index contributed by atoms with van der Waals surface area (Å²) in [6.45, 7) is 0. The van der Waals surface area contributed by atoms with Gasteiger partial charge in [0.05, 0.1) is 12.8 Å². The van der Waals surface area contributed by atoms with Crippen molar-refractivity contribution in [1.82, 2.24) is 4.57 Å². The first-order valence-corrected chi connectivity index (χ1v) is 7.35. The summed E-state index contributed by atoms with van der Waals surface area (Å²) in [5.41, 5.74) is -0.0904. The predicted octanol–water partition coefficient (Wildman–Crippen LogP) is 1.75. The van der Waals surface area contributed by atoms with Crippen molar-refractivity contribution in [1.29, 1.82) is 0 Å². The Morgan fingerprint density at radius 2 is 2.00 bits per heavy atom. The van der Waals surface area contributed by atoms with Gasteiger partial charge in [-0.2, -0.15) is 0 Å². The molecule has 112 valence electrons. The Morgan fingerprint density at radius 1 is 1.33 bits per heavy atom. The van der Waals surface area contributed by atoms with Gasteiger partial charge in [0.1, 0.15) is 16.4 Å². The van der Waals surface area contributed by atoms with Gasteiger partial charge in [-0.15, -0.1) is 0 Å². The van der Waals surface area contributed by atoms with Crippen LogP contribution in [0, 0.1) is 5.82 Å². The Bertz CT molecular complexity index is 783. The van der Waals surface area contributed by atoms with Crippen molar-refractivity contribution >= 4 is 21.7 Å². The number of carbonyl (C=O) groups excluding carboxylic acids is 1. The smallest absolute Gasteiger partial charge is 0.354 e. The summed E-state index contributed by atoms with van der Waals surface area (Å²) in [7, 11) is -1.29. The third-order valence-corrected chi connectivity index (χ3v) is 4.14. The van der Waals surface area contributed by atoms with E-state index in [9.17, 15) is 17.6 Å². The normalized spacial score (nSPS) is 11.2. The van der Waals surface area contributed by atoms with Crippen molar-refractivity contribution in [3.63, 3.8) is 0 Å². The summed E-state index contributed by atoms with van der Waals surface area (Å²) < 4.78 is 45.9. The maximum atomic E-state index is 13.5. The quantitative estimate of drug-likeness (QED) is 0.873. The number of nitrogens with one attached hydrogen (secondary N) is 1. The first-order chi connectivity index (χ1) is 9.85. The zero-order valence-corrected chi connectivity index (χ0v) is 12.1. The summed E-state index contributed by atoms with van der Waals surface area (Å²) in [6.07, 6.45) is 1.25. The summed E-state index contributed by atoms with van der Waals surface area (Å²) in [4.78, 5) is 11.3. The molecule has 1 N–H and O–H groups in total. The Balaban J connectivity index is 2.37. The van der Waals surface area contributed by atoms with Crippen LogP contribution in [0.4, 0.5) is 10.1 Å². The standard InChI is InChI=1S/C13H13FN2O4S/c1-16-8-9(7-12(16)13(17)20-2)21(18,19)15-11-6-4-3-5-10(11)14/h3-8,15H,1-2H3. The van der Waals surface area contributed by atoms with Gasteiger partial charge >= 0.3 is 5.97 Å². The maximum absolute atomic E-state index is 13.5. The second-order valence-corrected chi connectivity index (χ2v) is 5.93. The maximum Gasteiger partial charge on any atom is 0.354 e. The van der Waals surface area contributed by atoms with Crippen LogP contribution >= 0.6 is 0 Å². The second kappa shape index (κ2) is 5.57. The number of esters is 1. The monoisotopic (exact) mass is 312 g/mol. The summed E-state index contributed by atoms with van der Waals surface area (Å²) in [5, 5.41) is 0. The molecular weight excluding hydrogens is 299 g/mol. The van der Waals surface area contributed by atoms with Gasteiger partial charge in [-0.05, 0) is 18.2 Å². The number of anilines is 1. The number of benzene rings is 1. The minimum atomic E-state index is -4.00. The number of aryl methyl sites for hydroxylation is 1. The van der Waals surface area contributed by atoms with Crippen LogP contribution < -0.4 is 4.72 Å². The molecule has 6 nitrogen and oxygen atoms in total. The van der Waals surface area contributed by atoms with E-state index in [1.165, 1.54) is 43.1 Å². The molecule has 0 aliphatic rings. The largest absolute Gasteiger partial charge is 0.464 e. The van der Waals surface area contributed by atoms with Crippen molar-refractivity contribution < 1.29 is 22.3 Å². The van der Waals surface area contributed by atoms with Crippen LogP contribution in [0.25, 0.3) is 0 Å². The number of hydrogen-bond donors (Lipinski definition) is 1. The Kier molecular flexibility index (Phi) is 3.99. The average molecular weight is 312 g/mol. The van der Waals surface area contributed by atoms with Crippen LogP contribution in [0.2, 0.25) is 0 Å². The van der Waals surface area contributed by atoms with E-state index in [-0.39, 0.29) is 16.3 Å². The van der Waals surface area contributed by atoms with Gasteiger partial charge in [-0.3, -0.25) is 4.72 Å². The minimum Gasteiger partial charge on any atom is -0.464 e. The predicted molar refractivity (Wildman–Crippen MR) is 74.0 cm³/mol. The molecule has 0 aliphatic heterocycles. The molecule has 0 spiro atoms. The molecule has 2 aromatic rings. The van der Waals surface area contributed by atoms with Gasteiger partial charge in [-0.1, -0.05) is 12.1 Å². The molecule has 0 radical (unpaired) electrons. The van der Waals surface area contributed by atoms with Crippen molar-refractivity contribution in [3.05, 3.63) is 48.0 Å². The van der Waals surface area contributed by atoms with Gasteiger partial charge < -0.3 is 9.30 Å². The van der Waals surface area contributed by atoms with Crippen molar-refractivity contribution in [2.45, 2.75) is 4.90 Å². The number of sulfonamides is 1. The Hall–Kier alpha value is -2.35. The van der Waals surface area contributed by atoms with E-state index in [4.69, 9.17) is 0 Å². The van der Waals surface area contributed by atoms with Gasteiger partial charge in [0.2, 0.25) is 0 Å². The number of para-hydroxylation sites is 1. The zero-order chi connectivity index (χ0) is 15.6. The molecule has 2 rings (SSSR count). The minimum absolute atomic E-state index is 0.0754. The van der Waals surface area contributed by atoms with Crippen LogP contribution in [0.5, 0.6) is 0 Å². The molecule has 0 amide bonds. The molecule has 0 fully saturated rings. The molecule has 0 aliphatic carbocycles. The van der Waals surface area contributed by atoms with E-state index in [0.29, 0.717) is 0 Å². The zero-order valence-electron chi connectivity index (χ0n) is 11.3. The van der Waals surface area contributed by atoms with Crippen LogP contribution in [0.1, 0.15) is 10.5 Å². The number of ether oxygens (including phenoxy) is 1. The van der Waals surface area contributed by atoms with Gasteiger partial charge in [-0.25, -0.2) is 17.6 Å². The molecule has 0 unspecified atom stereocenters. The number of carbonyl (C=O) groups is 1. The number of halogens is 1. The van der Waals surface area contributed by atoms with E-state index in [1.54, 1.807) is 0 Å². The lowest BCUT2D eigenvalue weighted by Gasteiger charge is -2.06. The highest BCUT2D eigenvalue weighted by Gasteiger charge is 2.21. The van der Waals surface area contributed by atoms with E-state index in [2.05, 4.69) is 9.46 Å². The van der Waals surface area contributed by atoms with E-state index in [1.807, 2.05) is 0 Å². The number of aromatic nitrogens is 1. The van der Waals surface area contributed by atoms with Crippen LogP contribution in [-0.2, 0) is 21.8 Å². The van der Waals surface area contributed by atoms with Crippen molar-refractivity contribution in [2.75, 3.05) is 11.8 Å². The van der Waals surface area contributed by atoms with Gasteiger partial charge in [0, 0.05) is 13.2 Å². The van der Waals surface area contributed by atoms with Crippen molar-refractivity contribution in [3.8, 4) is 0 Å². The number of methoxy groups -OCH3 is 1. The van der Waals surface area contributed by atoms with Crippen LogP contribution in [0.15, 0.2) is 41.4 Å². The number of hydrogen-bond acceptors (Lipinski definition) is 4. The fourth-order valence-corrected chi connectivity index (χ4v) is 2.87. The lowest BCUT2D eigenvalue weighted by molar-refractivity contribution is 0.0590.